The number of rotatable bonds is 4. The largest absolute Gasteiger partial charge is 0.497 e. The highest BCUT2D eigenvalue weighted by Gasteiger charge is 2.69. The number of methoxy groups -OCH3 is 1. The fourth-order valence-corrected chi connectivity index (χ4v) is 6.34. The van der Waals surface area contributed by atoms with Crippen LogP contribution < -0.4 is 25.1 Å². The summed E-state index contributed by atoms with van der Waals surface area (Å²) in [5.74, 6) is 0.745. The maximum absolute atomic E-state index is 13.7. The van der Waals surface area contributed by atoms with Crippen LogP contribution in [0.2, 0.25) is 0 Å². The van der Waals surface area contributed by atoms with Gasteiger partial charge in [-0.1, -0.05) is 84.1 Å². The second-order valence-electron chi connectivity index (χ2n) is 9.05. The number of amides is 2. The summed E-state index contributed by atoms with van der Waals surface area (Å²) in [5, 5.41) is 0. The van der Waals surface area contributed by atoms with Crippen LogP contribution in [0, 0.1) is 0 Å². The van der Waals surface area contributed by atoms with Crippen molar-refractivity contribution in [3.63, 3.8) is 0 Å². The lowest BCUT2D eigenvalue weighted by Crippen LogP contribution is -2.67. The van der Waals surface area contributed by atoms with E-state index >= 15 is 0 Å². The van der Waals surface area contributed by atoms with Gasteiger partial charge >= 0.3 is 6.03 Å². The van der Waals surface area contributed by atoms with Gasteiger partial charge in [0.05, 0.1) is 11.6 Å². The number of fused-ring (bicyclic) bond motifs is 2. The summed E-state index contributed by atoms with van der Waals surface area (Å²) >= 11 is 1.29. The number of benzene rings is 3. The number of nitrogens with zero attached hydrogens (tertiary/aromatic N) is 4. The molecule has 8 nitrogen and oxygen atoms in total. The molecule has 9 heteroatoms. The fraction of sp³-hybridized carbons (Fsp3) is 0.179. The number of thiazole rings is 1. The Hall–Kier alpha value is -4.37. The molecule has 3 heterocycles. The van der Waals surface area contributed by atoms with E-state index in [1.165, 1.54) is 16.0 Å². The Labute approximate surface area is 217 Å². The predicted molar refractivity (Wildman–Crippen MR) is 142 cm³/mol. The summed E-state index contributed by atoms with van der Waals surface area (Å²) < 4.78 is 7.24. The van der Waals surface area contributed by atoms with Gasteiger partial charge in [0.1, 0.15) is 5.75 Å². The minimum absolute atomic E-state index is 0.211. The molecule has 0 bridgehead atoms. The molecule has 1 aromatic heterocycles. The smallest absolute Gasteiger partial charge is 0.324 e. The molecular formula is C28H25N5O3S. The average molecular weight is 512 g/mol. The third-order valence-electron chi connectivity index (χ3n) is 7.19. The van der Waals surface area contributed by atoms with Gasteiger partial charge in [0.25, 0.3) is 5.56 Å². The molecule has 6 rings (SSSR count). The van der Waals surface area contributed by atoms with Crippen LogP contribution in [0.15, 0.2) is 94.7 Å². The third-order valence-corrected chi connectivity index (χ3v) is 8.15. The van der Waals surface area contributed by atoms with E-state index in [-0.39, 0.29) is 11.6 Å². The first kappa shape index (κ1) is 23.1. The molecule has 4 aromatic rings. The highest BCUT2D eigenvalue weighted by Crippen LogP contribution is 2.53. The second-order valence-corrected chi connectivity index (χ2v) is 10.1. The molecule has 0 unspecified atom stereocenters. The molecule has 186 valence electrons. The van der Waals surface area contributed by atoms with Crippen LogP contribution in [-0.4, -0.2) is 41.7 Å². The van der Waals surface area contributed by atoms with E-state index in [4.69, 9.17) is 9.73 Å². The van der Waals surface area contributed by atoms with Crippen LogP contribution in [0.4, 0.5) is 4.79 Å². The van der Waals surface area contributed by atoms with E-state index < -0.39 is 11.3 Å². The number of likely N-dealkylation sites (N-methyl/N-ethyl adjacent to an activating group) is 2. The summed E-state index contributed by atoms with van der Waals surface area (Å²) in [7, 11) is 5.12. The zero-order valence-corrected chi connectivity index (χ0v) is 21.4. The van der Waals surface area contributed by atoms with Gasteiger partial charge < -0.3 is 4.74 Å². The van der Waals surface area contributed by atoms with E-state index in [9.17, 15) is 9.59 Å². The molecule has 2 aliphatic heterocycles. The lowest BCUT2D eigenvalue weighted by atomic mass is 9.80. The Morgan fingerprint density at radius 2 is 1.49 bits per heavy atom. The number of hydrogen-bond donors (Lipinski definition) is 1. The van der Waals surface area contributed by atoms with E-state index in [0.29, 0.717) is 9.33 Å². The van der Waals surface area contributed by atoms with Crippen LogP contribution in [0.5, 0.6) is 5.75 Å². The molecule has 0 spiro atoms. The summed E-state index contributed by atoms with van der Waals surface area (Å²) in [6.07, 6.45) is 1.84. The number of carbonyl (C=O) groups excluding carboxylic acids is 1. The van der Waals surface area contributed by atoms with Crippen LogP contribution in [0.1, 0.15) is 16.7 Å². The van der Waals surface area contributed by atoms with E-state index in [2.05, 4.69) is 5.43 Å². The first-order valence-corrected chi connectivity index (χ1v) is 12.6. The normalized spacial score (nSPS) is 22.8. The Bertz CT molecular complexity index is 1670. The third kappa shape index (κ3) is 3.10. The maximum Gasteiger partial charge on any atom is 0.324 e. The lowest BCUT2D eigenvalue weighted by molar-refractivity contribution is 0.0648. The summed E-state index contributed by atoms with van der Waals surface area (Å²) in [5.41, 5.74) is 3.41. The monoisotopic (exact) mass is 511 g/mol. The van der Waals surface area contributed by atoms with E-state index in [1.54, 1.807) is 31.0 Å². The highest BCUT2D eigenvalue weighted by molar-refractivity contribution is 7.07. The molecule has 2 aliphatic rings. The Morgan fingerprint density at radius 1 is 0.865 bits per heavy atom. The number of carbonyl (C=O) groups is 1. The summed E-state index contributed by atoms with van der Waals surface area (Å²) in [6, 6.07) is 26.7. The topological polar surface area (TPSA) is 79.2 Å². The SMILES string of the molecule is COc1ccc(/C=c2\sc3n(c2=O)N[C@]2(c4ccccc4)N(C)C(=O)N(C)[C@@]2(c2ccccc2)N=3)cc1. The van der Waals surface area contributed by atoms with Gasteiger partial charge in [-0.25, -0.2) is 9.79 Å². The lowest BCUT2D eigenvalue weighted by Gasteiger charge is -2.49. The standard InChI is InChI=1S/C28H25N5O3S/c1-31-26(35)32(2)28(21-12-8-5-9-13-21)27(31,20-10-6-4-7-11-20)29-25-33(30-28)24(34)23(37-25)18-19-14-16-22(36-3)17-15-19/h4-18,30H,1-3H3/b23-18-/t27-,28-/m1/s1. The van der Waals surface area contributed by atoms with Crippen molar-refractivity contribution in [1.29, 1.82) is 0 Å². The molecule has 0 saturated carbocycles. The molecule has 1 fully saturated rings. The number of urea groups is 1. The minimum Gasteiger partial charge on any atom is -0.497 e. The van der Waals surface area contributed by atoms with Crippen LogP contribution >= 0.6 is 11.3 Å². The second kappa shape index (κ2) is 8.35. The van der Waals surface area contributed by atoms with Crippen molar-refractivity contribution in [1.82, 2.24) is 14.5 Å². The molecule has 1 saturated heterocycles. The Morgan fingerprint density at radius 3 is 2.11 bits per heavy atom. The zero-order valence-electron chi connectivity index (χ0n) is 20.6. The number of hydrogen-bond acceptors (Lipinski definition) is 6. The molecule has 1 N–H and O–H groups in total. The minimum atomic E-state index is -1.18. The fourth-order valence-electron chi connectivity index (χ4n) is 5.37. The summed E-state index contributed by atoms with van der Waals surface area (Å²) in [6.45, 7) is 0. The van der Waals surface area contributed by atoms with Crippen molar-refractivity contribution in [2.75, 3.05) is 26.6 Å². The van der Waals surface area contributed by atoms with Crippen LogP contribution in [0.25, 0.3) is 6.08 Å². The van der Waals surface area contributed by atoms with Gasteiger partial charge in [0.2, 0.25) is 16.1 Å². The van der Waals surface area contributed by atoms with Gasteiger partial charge in [0.15, 0.2) is 0 Å². The van der Waals surface area contributed by atoms with E-state index in [0.717, 1.165) is 22.4 Å². The molecule has 3 aromatic carbocycles. The molecule has 2 atom stereocenters. The highest BCUT2D eigenvalue weighted by atomic mass is 32.1. The predicted octanol–water partition coefficient (Wildman–Crippen LogP) is 2.63. The first-order chi connectivity index (χ1) is 17.9. The molecule has 2 amide bonds. The van der Waals surface area contributed by atoms with Gasteiger partial charge in [-0.15, -0.1) is 0 Å². The van der Waals surface area contributed by atoms with E-state index in [1.807, 2.05) is 91.0 Å². The van der Waals surface area contributed by atoms with Crippen molar-refractivity contribution in [2.45, 2.75) is 11.3 Å². The van der Waals surface area contributed by atoms with Gasteiger partial charge in [-0.3, -0.25) is 20.0 Å². The zero-order chi connectivity index (χ0) is 25.8. The Kier molecular flexibility index (Phi) is 5.20. The Balaban J connectivity index is 1.67. The molecular weight excluding hydrogens is 486 g/mol. The van der Waals surface area contributed by atoms with Gasteiger partial charge in [-0.2, -0.15) is 4.68 Å². The van der Waals surface area contributed by atoms with Gasteiger partial charge in [-0.05, 0) is 23.8 Å². The molecule has 0 radical (unpaired) electrons. The first-order valence-electron chi connectivity index (χ1n) is 11.8. The van der Waals surface area contributed by atoms with Crippen molar-refractivity contribution in [2.24, 2.45) is 4.99 Å². The average Bonchev–Trinajstić information content (AvgIpc) is 3.33. The van der Waals surface area contributed by atoms with Crippen molar-refractivity contribution >= 4 is 23.4 Å². The van der Waals surface area contributed by atoms with Crippen molar-refractivity contribution < 1.29 is 9.53 Å². The number of ether oxygens (including phenoxy) is 1. The quantitative estimate of drug-likeness (QED) is 0.457. The number of aromatic nitrogens is 1. The summed E-state index contributed by atoms with van der Waals surface area (Å²) in [4.78, 5) is 36.3. The van der Waals surface area contributed by atoms with Crippen molar-refractivity contribution in [3.05, 3.63) is 121 Å². The van der Waals surface area contributed by atoms with Crippen LogP contribution in [-0.2, 0) is 11.3 Å². The van der Waals surface area contributed by atoms with Crippen LogP contribution in [0.3, 0.4) is 0 Å². The maximum atomic E-state index is 13.7. The van der Waals surface area contributed by atoms with Gasteiger partial charge in [0, 0.05) is 25.2 Å². The molecule has 37 heavy (non-hydrogen) atoms. The molecule has 0 aliphatic carbocycles. The van der Waals surface area contributed by atoms with Crippen molar-refractivity contribution in [3.8, 4) is 5.75 Å². The number of nitrogens with one attached hydrogen (secondary N) is 1.